The van der Waals surface area contributed by atoms with E-state index < -0.39 is 40.9 Å². The highest BCUT2D eigenvalue weighted by Crippen LogP contribution is 2.21. The van der Waals surface area contributed by atoms with Gasteiger partial charge in [0.2, 0.25) is 17.7 Å². The number of hydrogen-bond acceptors (Lipinski definition) is 8. The van der Waals surface area contributed by atoms with Crippen molar-refractivity contribution < 1.29 is 28.3 Å². The topological polar surface area (TPSA) is 179 Å². The van der Waals surface area contributed by atoms with Gasteiger partial charge in [-0.2, -0.15) is 0 Å². The quantitative estimate of drug-likeness (QED) is 0.141. The van der Waals surface area contributed by atoms with Gasteiger partial charge in [-0.15, -0.1) is 10.2 Å². The van der Waals surface area contributed by atoms with Crippen LogP contribution >= 0.6 is 0 Å². The lowest BCUT2D eigenvalue weighted by molar-refractivity contribution is -0.125. The first-order valence-corrected chi connectivity index (χ1v) is 16.1. The number of rotatable bonds is 14. The summed E-state index contributed by atoms with van der Waals surface area (Å²) in [6.07, 6.45) is 3.08. The second-order valence-corrected chi connectivity index (χ2v) is 13.5. The summed E-state index contributed by atoms with van der Waals surface area (Å²) in [5, 5.41) is 18.5. The standard InChI is InChI=1S/C37H44N6O6/c1-36(2,3)49-35(47)41-37(4,5)18-17-30(44)39-22-28(21-25-15-16-26-13-9-10-14-27(26)20-25)32(46)40-23-29(19-24-11-7-6-8-12-24)33-42-43-34(48-33)31(38)45/h6-18,20,28-29H,19,21-23H2,1-5H3,(H2,38,45)(H,39,44)(H,40,46)(H,41,47)/b18-17+/t28-,29-/m1/s1. The third kappa shape index (κ3) is 11.6. The molecular formula is C37H44N6O6. The van der Waals surface area contributed by atoms with E-state index in [1.807, 2.05) is 72.8 Å². The first-order chi connectivity index (χ1) is 23.2. The molecular weight excluding hydrogens is 624 g/mol. The highest BCUT2D eigenvalue weighted by molar-refractivity contribution is 5.89. The number of aromatic nitrogens is 2. The van der Waals surface area contributed by atoms with E-state index in [0.717, 1.165) is 21.9 Å². The summed E-state index contributed by atoms with van der Waals surface area (Å²) in [7, 11) is 0. The number of carbonyl (C=O) groups excluding carboxylic acids is 4. The van der Waals surface area contributed by atoms with E-state index in [1.165, 1.54) is 6.08 Å². The Labute approximate surface area is 285 Å². The summed E-state index contributed by atoms with van der Waals surface area (Å²) in [4.78, 5) is 50.6. The molecule has 0 bridgehead atoms. The van der Waals surface area contributed by atoms with Crippen LogP contribution in [-0.4, -0.2) is 58.2 Å². The molecule has 4 rings (SSSR count). The predicted octanol–water partition coefficient (Wildman–Crippen LogP) is 4.60. The third-order valence-corrected chi connectivity index (χ3v) is 7.51. The molecule has 0 saturated carbocycles. The summed E-state index contributed by atoms with van der Waals surface area (Å²) in [5.74, 6) is -2.80. The Bertz CT molecular complexity index is 1790. The highest BCUT2D eigenvalue weighted by Gasteiger charge is 2.26. The lowest BCUT2D eigenvalue weighted by Crippen LogP contribution is -2.45. The van der Waals surface area contributed by atoms with Crippen LogP contribution in [0.5, 0.6) is 0 Å². The number of nitrogens with two attached hydrogens (primary N) is 1. The Hall–Kier alpha value is -5.52. The van der Waals surface area contributed by atoms with E-state index in [-0.39, 0.29) is 30.8 Å². The van der Waals surface area contributed by atoms with Gasteiger partial charge < -0.3 is 30.8 Å². The molecule has 4 amide bonds. The number of primary amides is 1. The summed E-state index contributed by atoms with van der Waals surface area (Å²) >= 11 is 0. The fourth-order valence-corrected chi connectivity index (χ4v) is 5.10. The minimum Gasteiger partial charge on any atom is -0.444 e. The van der Waals surface area contributed by atoms with Gasteiger partial charge in [0.1, 0.15) is 5.60 Å². The van der Waals surface area contributed by atoms with Crippen LogP contribution in [0.15, 0.2) is 89.4 Å². The molecule has 0 fully saturated rings. The van der Waals surface area contributed by atoms with Crippen molar-refractivity contribution in [2.45, 2.75) is 64.5 Å². The van der Waals surface area contributed by atoms with Crippen LogP contribution in [0.4, 0.5) is 4.79 Å². The fraction of sp³-hybridized carbons (Fsp3) is 0.351. The molecule has 12 nitrogen and oxygen atoms in total. The van der Waals surface area contributed by atoms with Crippen LogP contribution in [0.25, 0.3) is 10.8 Å². The minimum absolute atomic E-state index is 0.0392. The van der Waals surface area contributed by atoms with Crippen molar-refractivity contribution in [3.8, 4) is 0 Å². The van der Waals surface area contributed by atoms with Crippen molar-refractivity contribution in [3.63, 3.8) is 0 Å². The molecule has 1 aromatic heterocycles. The zero-order valence-corrected chi connectivity index (χ0v) is 28.5. The summed E-state index contributed by atoms with van der Waals surface area (Å²) < 4.78 is 10.9. The van der Waals surface area contributed by atoms with Crippen LogP contribution < -0.4 is 21.7 Å². The van der Waals surface area contributed by atoms with Gasteiger partial charge in [0.15, 0.2) is 0 Å². The van der Waals surface area contributed by atoms with Gasteiger partial charge in [-0.3, -0.25) is 14.4 Å². The maximum Gasteiger partial charge on any atom is 0.408 e. The van der Waals surface area contributed by atoms with Crippen molar-refractivity contribution in [1.82, 2.24) is 26.1 Å². The normalized spacial score (nSPS) is 13.1. The Balaban J connectivity index is 1.48. The molecule has 0 aliphatic carbocycles. The van der Waals surface area contributed by atoms with Crippen molar-refractivity contribution in [3.05, 3.63) is 108 Å². The lowest BCUT2D eigenvalue weighted by atomic mass is 9.95. The number of ether oxygens (including phenoxy) is 1. The molecule has 0 unspecified atom stereocenters. The smallest absolute Gasteiger partial charge is 0.408 e. The SMILES string of the molecule is CC(C)(/C=C/C(=O)NC[C@@H](Cc1ccc2ccccc2c1)C(=O)NC[C@@H](Cc1ccccc1)c1nnc(C(N)=O)o1)NC(=O)OC(C)(C)C. The van der Waals surface area contributed by atoms with Crippen LogP contribution in [0.1, 0.15) is 68.2 Å². The second kappa shape index (κ2) is 16.1. The van der Waals surface area contributed by atoms with Crippen LogP contribution in [0, 0.1) is 5.92 Å². The first-order valence-electron chi connectivity index (χ1n) is 16.1. The molecule has 49 heavy (non-hydrogen) atoms. The summed E-state index contributed by atoms with van der Waals surface area (Å²) in [6, 6.07) is 23.5. The van der Waals surface area contributed by atoms with Gasteiger partial charge in [-0.05, 0) is 69.4 Å². The number of fused-ring (bicyclic) bond motifs is 1. The van der Waals surface area contributed by atoms with E-state index >= 15 is 0 Å². The van der Waals surface area contributed by atoms with Crippen LogP contribution in [0.2, 0.25) is 0 Å². The molecule has 0 spiro atoms. The average Bonchev–Trinajstić information content (AvgIpc) is 3.54. The predicted molar refractivity (Wildman–Crippen MR) is 185 cm³/mol. The largest absolute Gasteiger partial charge is 0.444 e. The number of amides is 4. The monoisotopic (exact) mass is 668 g/mol. The van der Waals surface area contributed by atoms with E-state index in [2.05, 4.69) is 26.1 Å². The van der Waals surface area contributed by atoms with Gasteiger partial charge in [-0.1, -0.05) is 78.9 Å². The molecule has 5 N–H and O–H groups in total. The van der Waals surface area contributed by atoms with E-state index in [4.69, 9.17) is 14.9 Å². The van der Waals surface area contributed by atoms with Crippen molar-refractivity contribution >= 4 is 34.6 Å². The van der Waals surface area contributed by atoms with Crippen molar-refractivity contribution in [1.29, 1.82) is 0 Å². The number of carbonyl (C=O) groups is 4. The number of nitrogens with one attached hydrogen (secondary N) is 3. The van der Waals surface area contributed by atoms with Crippen LogP contribution in [0.3, 0.4) is 0 Å². The van der Waals surface area contributed by atoms with E-state index in [0.29, 0.717) is 12.8 Å². The molecule has 0 radical (unpaired) electrons. The number of nitrogens with zero attached hydrogens (tertiary/aromatic N) is 2. The number of benzene rings is 3. The van der Waals surface area contributed by atoms with Crippen LogP contribution in [-0.2, 0) is 27.2 Å². The molecule has 0 aliphatic heterocycles. The van der Waals surface area contributed by atoms with E-state index in [1.54, 1.807) is 40.7 Å². The summed E-state index contributed by atoms with van der Waals surface area (Å²) in [6.45, 7) is 8.93. The van der Waals surface area contributed by atoms with Gasteiger partial charge in [0, 0.05) is 19.2 Å². The first kappa shape index (κ1) is 36.3. The van der Waals surface area contributed by atoms with Gasteiger partial charge in [-0.25, -0.2) is 4.79 Å². The Morgan fingerprint density at radius 3 is 2.20 bits per heavy atom. The lowest BCUT2D eigenvalue weighted by Gasteiger charge is -2.26. The Morgan fingerprint density at radius 2 is 1.53 bits per heavy atom. The Morgan fingerprint density at radius 1 is 0.837 bits per heavy atom. The third-order valence-electron chi connectivity index (χ3n) is 7.51. The van der Waals surface area contributed by atoms with E-state index in [9.17, 15) is 19.2 Å². The summed E-state index contributed by atoms with van der Waals surface area (Å²) in [5.41, 5.74) is 5.68. The maximum atomic E-state index is 13.8. The fourth-order valence-electron chi connectivity index (χ4n) is 5.10. The molecule has 4 aromatic rings. The maximum absolute atomic E-state index is 13.8. The number of alkyl carbamates (subject to hydrolysis) is 1. The van der Waals surface area contributed by atoms with Crippen molar-refractivity contribution in [2.24, 2.45) is 11.7 Å². The number of hydrogen-bond donors (Lipinski definition) is 4. The Kier molecular flexibility index (Phi) is 11.9. The minimum atomic E-state index is -0.877. The highest BCUT2D eigenvalue weighted by atomic mass is 16.6. The average molecular weight is 669 g/mol. The second-order valence-electron chi connectivity index (χ2n) is 13.5. The molecule has 0 aliphatic rings. The molecule has 3 aromatic carbocycles. The molecule has 258 valence electrons. The molecule has 12 heteroatoms. The molecule has 1 heterocycles. The zero-order chi connectivity index (χ0) is 35.6. The molecule has 0 saturated heterocycles. The van der Waals surface area contributed by atoms with Crippen molar-refractivity contribution in [2.75, 3.05) is 13.1 Å². The molecule has 2 atom stereocenters. The van der Waals surface area contributed by atoms with Gasteiger partial charge in [0.05, 0.1) is 17.4 Å². The zero-order valence-electron chi connectivity index (χ0n) is 28.5. The van der Waals surface area contributed by atoms with Gasteiger partial charge in [0.25, 0.3) is 0 Å². The van der Waals surface area contributed by atoms with Gasteiger partial charge >= 0.3 is 17.9 Å².